The van der Waals surface area contributed by atoms with Crippen molar-refractivity contribution in [1.29, 1.82) is 0 Å². The van der Waals surface area contributed by atoms with Crippen molar-refractivity contribution in [3.8, 4) is 27.9 Å². The average molecular weight is 601 g/mol. The van der Waals surface area contributed by atoms with Crippen LogP contribution in [0, 0.1) is 6.57 Å². The molecule has 0 aliphatic rings. The van der Waals surface area contributed by atoms with Gasteiger partial charge in [0.05, 0.1) is 23.3 Å². The zero-order valence-corrected chi connectivity index (χ0v) is 25.1. The number of aromatic nitrogens is 1. The van der Waals surface area contributed by atoms with Gasteiger partial charge < -0.3 is 13.4 Å². The Hall–Kier alpha value is -6.57. The highest BCUT2D eigenvalue weighted by atomic mass is 16.3. The fourth-order valence-corrected chi connectivity index (χ4v) is 7.23. The number of hydrogen-bond acceptors (Lipinski definition) is 2. The molecular formula is C43H24N2O2. The highest BCUT2D eigenvalue weighted by Gasteiger charge is 2.18. The van der Waals surface area contributed by atoms with Crippen LogP contribution in [0.25, 0.3) is 98.5 Å². The Bertz CT molecular complexity index is 2860. The maximum Gasteiger partial charge on any atom is 0.188 e. The summed E-state index contributed by atoms with van der Waals surface area (Å²) < 4.78 is 15.0. The summed E-state index contributed by atoms with van der Waals surface area (Å²) in [5.41, 5.74) is 11.5. The monoisotopic (exact) mass is 600 g/mol. The van der Waals surface area contributed by atoms with Crippen molar-refractivity contribution >= 4 is 71.4 Å². The Balaban J connectivity index is 1.21. The second-order valence-corrected chi connectivity index (χ2v) is 12.0. The molecular weight excluding hydrogens is 576 g/mol. The van der Waals surface area contributed by atoms with E-state index in [0.29, 0.717) is 5.69 Å². The Morgan fingerprint density at radius 2 is 1.00 bits per heavy atom. The molecule has 0 aliphatic carbocycles. The fourth-order valence-electron chi connectivity index (χ4n) is 7.23. The number of benzene rings is 7. The van der Waals surface area contributed by atoms with Crippen molar-refractivity contribution in [3.63, 3.8) is 0 Å². The first-order valence-electron chi connectivity index (χ1n) is 15.6. The maximum atomic E-state index is 7.82. The topological polar surface area (TPSA) is 35.6 Å². The molecule has 0 fully saturated rings. The molecule has 4 nitrogen and oxygen atoms in total. The van der Waals surface area contributed by atoms with E-state index >= 15 is 0 Å². The van der Waals surface area contributed by atoms with Crippen LogP contribution in [0.3, 0.4) is 0 Å². The Morgan fingerprint density at radius 3 is 1.66 bits per heavy atom. The predicted octanol–water partition coefficient (Wildman–Crippen LogP) is 12.5. The smallest absolute Gasteiger partial charge is 0.188 e. The fraction of sp³-hybridized carbons (Fsp3) is 0. The van der Waals surface area contributed by atoms with Crippen LogP contribution in [0.15, 0.2) is 154 Å². The van der Waals surface area contributed by atoms with Gasteiger partial charge in [-0.15, -0.1) is 0 Å². The lowest BCUT2D eigenvalue weighted by atomic mass is 9.99. The third-order valence-corrected chi connectivity index (χ3v) is 9.41. The molecule has 0 aliphatic heterocycles. The van der Waals surface area contributed by atoms with E-state index in [2.05, 4.69) is 125 Å². The number of para-hydroxylation sites is 2. The number of nitrogens with zero attached hydrogens (tertiary/aromatic N) is 2. The first kappa shape index (κ1) is 25.7. The molecule has 10 rings (SSSR count). The van der Waals surface area contributed by atoms with E-state index < -0.39 is 0 Å². The molecule has 7 aromatic carbocycles. The summed E-state index contributed by atoms with van der Waals surface area (Å²) in [6.07, 6.45) is 0. The van der Waals surface area contributed by atoms with Crippen LogP contribution in [-0.2, 0) is 0 Å². The molecule has 0 saturated carbocycles. The number of fused-ring (bicyclic) bond motifs is 9. The van der Waals surface area contributed by atoms with Crippen LogP contribution in [0.4, 0.5) is 5.69 Å². The van der Waals surface area contributed by atoms with E-state index in [1.165, 1.54) is 16.3 Å². The lowest BCUT2D eigenvalue weighted by Crippen LogP contribution is -1.97. The van der Waals surface area contributed by atoms with Gasteiger partial charge in [-0.05, 0) is 76.9 Å². The van der Waals surface area contributed by atoms with Crippen molar-refractivity contribution in [1.82, 2.24) is 4.57 Å². The second-order valence-electron chi connectivity index (χ2n) is 12.0. The minimum atomic E-state index is 0.600. The third-order valence-electron chi connectivity index (χ3n) is 9.41. The van der Waals surface area contributed by atoms with Crippen molar-refractivity contribution < 1.29 is 8.83 Å². The second kappa shape index (κ2) is 9.71. The number of furan rings is 2. The van der Waals surface area contributed by atoms with Crippen LogP contribution in [0.1, 0.15) is 0 Å². The molecule has 47 heavy (non-hydrogen) atoms. The van der Waals surface area contributed by atoms with Crippen molar-refractivity contribution in [3.05, 3.63) is 157 Å². The SMILES string of the molecule is [C-]#[N+]c1ccc(-n2c3ccccc3c3ccccc32)c(-c2ccc3oc4cc5oc6ccc(-c7ccccc7)cc6c5cc4c3c2)c1. The summed E-state index contributed by atoms with van der Waals surface area (Å²) in [4.78, 5) is 3.80. The summed E-state index contributed by atoms with van der Waals surface area (Å²) in [6.45, 7) is 7.82. The summed E-state index contributed by atoms with van der Waals surface area (Å²) in [6, 6.07) is 50.3. The van der Waals surface area contributed by atoms with Gasteiger partial charge in [0.15, 0.2) is 5.69 Å². The molecule has 0 radical (unpaired) electrons. The molecule has 4 heteroatoms. The number of hydrogen-bond donors (Lipinski definition) is 0. The molecule has 0 saturated heterocycles. The lowest BCUT2D eigenvalue weighted by molar-refractivity contribution is 0.656. The molecule has 10 aromatic rings. The molecule has 0 bridgehead atoms. The van der Waals surface area contributed by atoms with E-state index in [9.17, 15) is 0 Å². The Morgan fingerprint density at radius 1 is 0.426 bits per heavy atom. The normalized spacial score (nSPS) is 11.8. The van der Waals surface area contributed by atoms with Crippen LogP contribution in [-0.4, -0.2) is 4.57 Å². The standard InChI is InChI=1S/C43H24N2O2/c1-44-29-17-18-39(45-37-13-7-5-11-30(37)31-12-6-8-14-38(31)45)32(23-29)28-16-20-41-34(22-28)36-24-35-33-21-27(26-9-3-2-4-10-26)15-19-40(33)46-42(35)25-43(36)47-41/h2-25H. The summed E-state index contributed by atoms with van der Waals surface area (Å²) in [7, 11) is 0. The van der Waals surface area contributed by atoms with Gasteiger partial charge in [0, 0.05) is 38.4 Å². The van der Waals surface area contributed by atoms with Gasteiger partial charge in [-0.25, -0.2) is 4.85 Å². The van der Waals surface area contributed by atoms with Gasteiger partial charge in [-0.3, -0.25) is 0 Å². The van der Waals surface area contributed by atoms with E-state index in [-0.39, 0.29) is 0 Å². The zero-order chi connectivity index (χ0) is 31.1. The Kier molecular flexibility index (Phi) is 5.32. The van der Waals surface area contributed by atoms with Crippen molar-refractivity contribution in [2.24, 2.45) is 0 Å². The molecule has 0 N–H and O–H groups in total. The first-order chi connectivity index (χ1) is 23.2. The van der Waals surface area contributed by atoms with Crippen molar-refractivity contribution in [2.75, 3.05) is 0 Å². The summed E-state index contributed by atoms with van der Waals surface area (Å²) in [5, 5.41) is 6.58. The molecule has 0 amide bonds. The van der Waals surface area contributed by atoms with Crippen LogP contribution in [0.2, 0.25) is 0 Å². The van der Waals surface area contributed by atoms with Gasteiger partial charge in [0.25, 0.3) is 0 Å². The molecule has 0 atom stereocenters. The molecule has 3 heterocycles. The summed E-state index contributed by atoms with van der Waals surface area (Å²) in [5.74, 6) is 0. The van der Waals surface area contributed by atoms with Gasteiger partial charge in [0.2, 0.25) is 0 Å². The average Bonchev–Trinajstić information content (AvgIpc) is 3.79. The quantitative estimate of drug-likeness (QED) is 0.189. The lowest BCUT2D eigenvalue weighted by Gasteiger charge is -2.15. The largest absolute Gasteiger partial charge is 0.456 e. The first-order valence-corrected chi connectivity index (χ1v) is 15.6. The van der Waals surface area contributed by atoms with Gasteiger partial charge in [-0.1, -0.05) is 84.9 Å². The molecule has 0 unspecified atom stereocenters. The van der Waals surface area contributed by atoms with Crippen LogP contribution >= 0.6 is 0 Å². The minimum Gasteiger partial charge on any atom is -0.456 e. The maximum absolute atomic E-state index is 7.82. The molecule has 3 aromatic heterocycles. The van der Waals surface area contributed by atoms with E-state index in [1.807, 2.05) is 30.3 Å². The van der Waals surface area contributed by atoms with E-state index in [1.54, 1.807) is 0 Å². The van der Waals surface area contributed by atoms with Crippen molar-refractivity contribution in [2.45, 2.75) is 0 Å². The van der Waals surface area contributed by atoms with Gasteiger partial charge in [0.1, 0.15) is 22.3 Å². The third kappa shape index (κ3) is 3.81. The number of rotatable bonds is 3. The van der Waals surface area contributed by atoms with E-state index in [0.717, 1.165) is 77.3 Å². The predicted molar refractivity (Wildman–Crippen MR) is 192 cm³/mol. The van der Waals surface area contributed by atoms with Crippen LogP contribution < -0.4 is 0 Å². The zero-order valence-electron chi connectivity index (χ0n) is 25.1. The van der Waals surface area contributed by atoms with Gasteiger partial charge >= 0.3 is 0 Å². The Labute approximate surface area is 269 Å². The van der Waals surface area contributed by atoms with E-state index in [4.69, 9.17) is 15.4 Å². The minimum absolute atomic E-state index is 0.600. The van der Waals surface area contributed by atoms with Crippen LogP contribution in [0.5, 0.6) is 0 Å². The van der Waals surface area contributed by atoms with Gasteiger partial charge in [-0.2, -0.15) is 0 Å². The summed E-state index contributed by atoms with van der Waals surface area (Å²) >= 11 is 0. The highest BCUT2D eigenvalue weighted by Crippen LogP contribution is 2.42. The molecule has 218 valence electrons. The molecule has 0 spiro atoms. The highest BCUT2D eigenvalue weighted by molar-refractivity contribution is 6.16.